The first-order valence-corrected chi connectivity index (χ1v) is 7.48. The fraction of sp³-hybridized carbons (Fsp3) is 0.733. The molecule has 1 saturated heterocycles. The second-order valence-corrected chi connectivity index (χ2v) is 5.92. The van der Waals surface area contributed by atoms with Gasteiger partial charge in [0.25, 0.3) is 0 Å². The summed E-state index contributed by atoms with van der Waals surface area (Å²) in [5.41, 5.74) is 0.656. The highest BCUT2D eigenvalue weighted by Crippen LogP contribution is 2.17. The van der Waals surface area contributed by atoms with E-state index in [0.717, 1.165) is 25.2 Å². The number of morpholine rings is 1. The summed E-state index contributed by atoms with van der Waals surface area (Å²) in [6.45, 7) is 10.8. The molecule has 2 rings (SSSR count). The van der Waals surface area contributed by atoms with E-state index in [1.165, 1.54) is 0 Å². The molecule has 0 amide bonds. The molecule has 1 N–H and O–H groups in total. The van der Waals surface area contributed by atoms with Crippen molar-refractivity contribution in [1.82, 2.24) is 15.3 Å². The Labute approximate surface area is 126 Å². The summed E-state index contributed by atoms with van der Waals surface area (Å²) in [5, 5.41) is 3.34. The van der Waals surface area contributed by atoms with Crippen LogP contribution in [0.25, 0.3) is 0 Å². The first-order chi connectivity index (χ1) is 9.98. The normalized spacial score (nSPS) is 21.0. The minimum atomic E-state index is -0.171. The molecule has 0 saturated carbocycles. The molecule has 118 valence electrons. The SMILES string of the molecule is CCCOc1cc(C)nc(OCC2CNCC(C)(C)O2)n1. The maximum Gasteiger partial charge on any atom is 0.320 e. The minimum absolute atomic E-state index is 0.00197. The van der Waals surface area contributed by atoms with Crippen molar-refractivity contribution in [3.05, 3.63) is 11.8 Å². The lowest BCUT2D eigenvalue weighted by Crippen LogP contribution is -2.52. The number of nitrogens with zero attached hydrogens (tertiary/aromatic N) is 2. The molecular formula is C15H25N3O3. The van der Waals surface area contributed by atoms with Crippen LogP contribution in [0.2, 0.25) is 0 Å². The van der Waals surface area contributed by atoms with Gasteiger partial charge in [0.05, 0.1) is 12.2 Å². The summed E-state index contributed by atoms with van der Waals surface area (Å²) in [6, 6.07) is 2.15. The molecule has 0 aliphatic carbocycles. The summed E-state index contributed by atoms with van der Waals surface area (Å²) in [6.07, 6.45) is 0.938. The molecule has 1 aromatic heterocycles. The third kappa shape index (κ3) is 5.13. The van der Waals surface area contributed by atoms with E-state index >= 15 is 0 Å². The molecule has 6 heteroatoms. The maximum atomic E-state index is 5.95. The minimum Gasteiger partial charge on any atom is -0.478 e. The molecule has 0 spiro atoms. The molecule has 1 fully saturated rings. The monoisotopic (exact) mass is 295 g/mol. The fourth-order valence-electron chi connectivity index (χ4n) is 2.19. The quantitative estimate of drug-likeness (QED) is 0.862. The van der Waals surface area contributed by atoms with Crippen molar-refractivity contribution in [2.75, 3.05) is 26.3 Å². The van der Waals surface area contributed by atoms with Gasteiger partial charge in [0.2, 0.25) is 5.88 Å². The van der Waals surface area contributed by atoms with Gasteiger partial charge in [-0.25, -0.2) is 4.98 Å². The first-order valence-electron chi connectivity index (χ1n) is 7.48. The molecule has 0 aromatic carbocycles. The van der Waals surface area contributed by atoms with Gasteiger partial charge in [0.15, 0.2) is 0 Å². The summed E-state index contributed by atoms with van der Waals surface area (Å²) in [7, 11) is 0. The number of hydrogen-bond acceptors (Lipinski definition) is 6. The van der Waals surface area contributed by atoms with Crippen LogP contribution in [-0.2, 0) is 4.74 Å². The Morgan fingerprint density at radius 2 is 2.19 bits per heavy atom. The van der Waals surface area contributed by atoms with E-state index in [1.54, 1.807) is 0 Å². The van der Waals surface area contributed by atoms with Crippen molar-refractivity contribution in [1.29, 1.82) is 0 Å². The molecule has 1 unspecified atom stereocenters. The van der Waals surface area contributed by atoms with Crippen LogP contribution < -0.4 is 14.8 Å². The number of aryl methyl sites for hydroxylation is 1. The summed E-state index contributed by atoms with van der Waals surface area (Å²) in [5.74, 6) is 0.558. The van der Waals surface area contributed by atoms with E-state index in [4.69, 9.17) is 14.2 Å². The van der Waals surface area contributed by atoms with Crippen molar-refractivity contribution in [3.8, 4) is 11.9 Å². The van der Waals surface area contributed by atoms with Crippen LogP contribution >= 0.6 is 0 Å². The molecule has 1 aliphatic rings. The lowest BCUT2D eigenvalue weighted by Gasteiger charge is -2.36. The van der Waals surface area contributed by atoms with Gasteiger partial charge in [-0.05, 0) is 27.2 Å². The van der Waals surface area contributed by atoms with Crippen LogP contribution in [0.5, 0.6) is 11.9 Å². The number of aromatic nitrogens is 2. The van der Waals surface area contributed by atoms with E-state index in [1.807, 2.05) is 13.0 Å². The molecule has 0 radical (unpaired) electrons. The highest BCUT2D eigenvalue weighted by molar-refractivity contribution is 5.17. The summed E-state index contributed by atoms with van der Waals surface area (Å²) < 4.78 is 17.1. The van der Waals surface area contributed by atoms with Gasteiger partial charge in [-0.1, -0.05) is 6.92 Å². The maximum absolute atomic E-state index is 5.95. The summed E-state index contributed by atoms with van der Waals surface area (Å²) >= 11 is 0. The van der Waals surface area contributed by atoms with Crippen molar-refractivity contribution < 1.29 is 14.2 Å². The van der Waals surface area contributed by atoms with Gasteiger partial charge >= 0.3 is 6.01 Å². The van der Waals surface area contributed by atoms with E-state index in [-0.39, 0.29) is 11.7 Å². The topological polar surface area (TPSA) is 65.5 Å². The predicted octanol–water partition coefficient (Wildman–Crippen LogP) is 1.72. The number of nitrogens with one attached hydrogen (secondary N) is 1. The largest absolute Gasteiger partial charge is 0.478 e. The highest BCUT2D eigenvalue weighted by atomic mass is 16.6. The van der Waals surface area contributed by atoms with E-state index in [9.17, 15) is 0 Å². The Hall–Kier alpha value is -1.40. The number of ether oxygens (including phenoxy) is 3. The number of rotatable bonds is 6. The lowest BCUT2D eigenvalue weighted by molar-refractivity contribution is -0.107. The van der Waals surface area contributed by atoms with Gasteiger partial charge in [-0.3, -0.25) is 0 Å². The Morgan fingerprint density at radius 1 is 1.38 bits per heavy atom. The third-order valence-corrected chi connectivity index (χ3v) is 3.07. The molecule has 1 atom stereocenters. The zero-order valence-electron chi connectivity index (χ0n) is 13.3. The first kappa shape index (κ1) is 16.0. The van der Waals surface area contributed by atoms with Crippen molar-refractivity contribution in [3.63, 3.8) is 0 Å². The van der Waals surface area contributed by atoms with Gasteiger partial charge in [-0.2, -0.15) is 4.98 Å². The smallest absolute Gasteiger partial charge is 0.320 e. The zero-order valence-corrected chi connectivity index (χ0v) is 13.3. The van der Waals surface area contributed by atoms with Crippen molar-refractivity contribution >= 4 is 0 Å². The van der Waals surface area contributed by atoms with Crippen LogP contribution in [-0.4, -0.2) is 48.0 Å². The molecular weight excluding hydrogens is 270 g/mol. The molecule has 6 nitrogen and oxygen atoms in total. The third-order valence-electron chi connectivity index (χ3n) is 3.07. The van der Waals surface area contributed by atoms with Crippen molar-refractivity contribution in [2.24, 2.45) is 0 Å². The fourth-order valence-corrected chi connectivity index (χ4v) is 2.19. The molecule has 2 heterocycles. The molecule has 1 aliphatic heterocycles. The molecule has 0 bridgehead atoms. The highest BCUT2D eigenvalue weighted by Gasteiger charge is 2.28. The Morgan fingerprint density at radius 3 is 2.90 bits per heavy atom. The molecule has 21 heavy (non-hydrogen) atoms. The van der Waals surface area contributed by atoms with Crippen LogP contribution in [0.4, 0.5) is 0 Å². The molecule has 1 aromatic rings. The Kier molecular flexibility index (Phi) is 5.36. The summed E-state index contributed by atoms with van der Waals surface area (Å²) in [4.78, 5) is 8.53. The van der Waals surface area contributed by atoms with E-state index in [0.29, 0.717) is 25.1 Å². The van der Waals surface area contributed by atoms with E-state index < -0.39 is 0 Å². The van der Waals surface area contributed by atoms with Gasteiger partial charge < -0.3 is 19.5 Å². The van der Waals surface area contributed by atoms with Gasteiger partial charge in [-0.15, -0.1) is 0 Å². The van der Waals surface area contributed by atoms with Gasteiger partial charge in [0, 0.05) is 24.8 Å². The average Bonchev–Trinajstić information content (AvgIpc) is 2.41. The Bertz CT molecular complexity index is 465. The van der Waals surface area contributed by atoms with Crippen LogP contribution in [0.3, 0.4) is 0 Å². The van der Waals surface area contributed by atoms with Crippen LogP contribution in [0, 0.1) is 6.92 Å². The zero-order chi connectivity index (χ0) is 15.3. The second kappa shape index (κ2) is 7.04. The predicted molar refractivity (Wildman–Crippen MR) is 79.9 cm³/mol. The average molecular weight is 295 g/mol. The van der Waals surface area contributed by atoms with Crippen molar-refractivity contribution in [2.45, 2.75) is 45.8 Å². The Balaban J connectivity index is 1.91. The standard InChI is InChI=1S/C15H25N3O3/c1-5-6-19-13-7-11(2)17-14(18-13)20-9-12-8-16-10-15(3,4)21-12/h7,12,16H,5-6,8-10H2,1-4H3. The van der Waals surface area contributed by atoms with E-state index in [2.05, 4.69) is 36.1 Å². The number of hydrogen-bond donors (Lipinski definition) is 1. The van der Waals surface area contributed by atoms with Crippen LogP contribution in [0.15, 0.2) is 6.07 Å². The van der Waals surface area contributed by atoms with Crippen LogP contribution in [0.1, 0.15) is 32.9 Å². The second-order valence-electron chi connectivity index (χ2n) is 5.92. The van der Waals surface area contributed by atoms with Gasteiger partial charge in [0.1, 0.15) is 12.7 Å². The lowest BCUT2D eigenvalue weighted by atomic mass is 10.1.